The van der Waals surface area contributed by atoms with Gasteiger partial charge in [-0.2, -0.15) is 4.98 Å². The minimum Gasteiger partial charge on any atom is -0.338 e. The molecule has 6 heteroatoms. The highest BCUT2D eigenvalue weighted by atomic mass is 19.1. The first-order chi connectivity index (χ1) is 11.8. The first kappa shape index (κ1) is 15.0. The number of hydrogen-bond acceptors (Lipinski definition) is 5. The van der Waals surface area contributed by atoms with Crippen molar-refractivity contribution in [2.24, 2.45) is 0 Å². The molecule has 3 aromatic rings. The van der Waals surface area contributed by atoms with Gasteiger partial charge in [0.1, 0.15) is 5.82 Å². The third-order valence-corrected chi connectivity index (χ3v) is 4.34. The molecule has 4 rings (SSSR count). The van der Waals surface area contributed by atoms with Gasteiger partial charge in [0.2, 0.25) is 11.7 Å². The standard InChI is InChI=1S/C18H17FN4O/c19-15-7-5-13(6-8-15)16-4-2-10-23(16)12-17-21-18(22-24-17)14-3-1-9-20-11-14/h1,3,5-9,11,16H,2,4,10,12H2/t16-/m0/s1. The average Bonchev–Trinajstić information content (AvgIpc) is 3.27. The van der Waals surface area contributed by atoms with E-state index in [-0.39, 0.29) is 11.9 Å². The van der Waals surface area contributed by atoms with E-state index in [1.165, 1.54) is 12.1 Å². The summed E-state index contributed by atoms with van der Waals surface area (Å²) in [6, 6.07) is 10.7. The summed E-state index contributed by atoms with van der Waals surface area (Å²) in [5.74, 6) is 0.930. The largest absolute Gasteiger partial charge is 0.338 e. The fraction of sp³-hybridized carbons (Fsp3) is 0.278. The lowest BCUT2D eigenvalue weighted by Crippen LogP contribution is -2.22. The smallest absolute Gasteiger partial charge is 0.241 e. The van der Waals surface area contributed by atoms with Crippen molar-refractivity contribution in [3.8, 4) is 11.4 Å². The van der Waals surface area contributed by atoms with Crippen molar-refractivity contribution in [2.45, 2.75) is 25.4 Å². The van der Waals surface area contributed by atoms with Crippen LogP contribution in [0.25, 0.3) is 11.4 Å². The van der Waals surface area contributed by atoms with Gasteiger partial charge in [-0.3, -0.25) is 9.88 Å². The lowest BCUT2D eigenvalue weighted by Gasteiger charge is -2.23. The molecule has 2 aromatic heterocycles. The fourth-order valence-corrected chi connectivity index (χ4v) is 3.18. The Morgan fingerprint density at radius 3 is 2.88 bits per heavy atom. The fourth-order valence-electron chi connectivity index (χ4n) is 3.18. The van der Waals surface area contributed by atoms with Crippen LogP contribution in [-0.2, 0) is 6.54 Å². The van der Waals surface area contributed by atoms with Gasteiger partial charge < -0.3 is 4.52 Å². The Balaban J connectivity index is 1.50. The molecule has 3 heterocycles. The summed E-state index contributed by atoms with van der Waals surface area (Å²) in [5, 5.41) is 4.04. The summed E-state index contributed by atoms with van der Waals surface area (Å²) < 4.78 is 18.5. The summed E-state index contributed by atoms with van der Waals surface area (Å²) in [6.45, 7) is 1.56. The topological polar surface area (TPSA) is 55.1 Å². The Hall–Kier alpha value is -2.60. The first-order valence-corrected chi connectivity index (χ1v) is 8.02. The van der Waals surface area contributed by atoms with Crippen LogP contribution in [0.3, 0.4) is 0 Å². The molecule has 0 aliphatic carbocycles. The van der Waals surface area contributed by atoms with Gasteiger partial charge in [-0.1, -0.05) is 17.3 Å². The zero-order chi connectivity index (χ0) is 16.4. The van der Waals surface area contributed by atoms with Gasteiger partial charge in [0.05, 0.1) is 6.54 Å². The number of hydrogen-bond donors (Lipinski definition) is 0. The summed E-state index contributed by atoms with van der Waals surface area (Å²) in [6.07, 6.45) is 5.58. The van der Waals surface area contributed by atoms with E-state index >= 15 is 0 Å². The number of benzene rings is 1. The van der Waals surface area contributed by atoms with Crippen LogP contribution in [0.4, 0.5) is 4.39 Å². The molecule has 0 unspecified atom stereocenters. The van der Waals surface area contributed by atoms with Crippen LogP contribution in [0.5, 0.6) is 0 Å². The Kier molecular flexibility index (Phi) is 4.04. The van der Waals surface area contributed by atoms with Crippen molar-refractivity contribution >= 4 is 0 Å². The van der Waals surface area contributed by atoms with Gasteiger partial charge in [0.15, 0.2) is 0 Å². The van der Waals surface area contributed by atoms with E-state index in [2.05, 4.69) is 20.0 Å². The third kappa shape index (κ3) is 3.05. The second-order valence-electron chi connectivity index (χ2n) is 5.93. The van der Waals surface area contributed by atoms with Gasteiger partial charge >= 0.3 is 0 Å². The average molecular weight is 324 g/mol. The van der Waals surface area contributed by atoms with Crippen molar-refractivity contribution in [3.05, 3.63) is 66.1 Å². The van der Waals surface area contributed by atoms with Crippen LogP contribution >= 0.6 is 0 Å². The molecule has 1 aliphatic rings. The van der Waals surface area contributed by atoms with Crippen molar-refractivity contribution in [1.29, 1.82) is 0 Å². The SMILES string of the molecule is Fc1ccc([C@@H]2CCCN2Cc2nc(-c3cccnc3)no2)cc1. The predicted molar refractivity (Wildman–Crippen MR) is 86.3 cm³/mol. The Bertz CT molecular complexity index is 803. The molecule has 5 nitrogen and oxygen atoms in total. The molecule has 0 spiro atoms. The summed E-state index contributed by atoms with van der Waals surface area (Å²) in [5.41, 5.74) is 1.96. The van der Waals surface area contributed by atoms with E-state index in [0.29, 0.717) is 18.3 Å². The molecular formula is C18H17FN4O. The Morgan fingerprint density at radius 2 is 2.08 bits per heavy atom. The van der Waals surface area contributed by atoms with Crippen LogP contribution in [0.2, 0.25) is 0 Å². The molecule has 1 saturated heterocycles. The molecule has 1 fully saturated rings. The minimum absolute atomic E-state index is 0.207. The van der Waals surface area contributed by atoms with E-state index in [1.807, 2.05) is 24.3 Å². The predicted octanol–water partition coefficient (Wildman–Crippen LogP) is 3.61. The zero-order valence-electron chi connectivity index (χ0n) is 13.1. The molecule has 0 bridgehead atoms. The molecular weight excluding hydrogens is 307 g/mol. The highest BCUT2D eigenvalue weighted by Gasteiger charge is 2.27. The van der Waals surface area contributed by atoms with Gasteiger partial charge in [-0.25, -0.2) is 4.39 Å². The monoisotopic (exact) mass is 324 g/mol. The lowest BCUT2D eigenvalue weighted by atomic mass is 10.0. The van der Waals surface area contributed by atoms with E-state index in [1.54, 1.807) is 12.4 Å². The molecule has 1 aromatic carbocycles. The molecule has 0 saturated carbocycles. The Labute approximate surface area is 139 Å². The van der Waals surface area contributed by atoms with Gasteiger partial charge in [-0.05, 0) is 49.2 Å². The highest BCUT2D eigenvalue weighted by molar-refractivity contribution is 5.51. The van der Waals surface area contributed by atoms with Crippen molar-refractivity contribution in [3.63, 3.8) is 0 Å². The lowest BCUT2D eigenvalue weighted by molar-refractivity contribution is 0.212. The number of rotatable bonds is 4. The molecule has 24 heavy (non-hydrogen) atoms. The second kappa shape index (κ2) is 6.49. The minimum atomic E-state index is -0.207. The molecule has 122 valence electrons. The normalized spacial score (nSPS) is 18.1. The number of pyridine rings is 1. The van der Waals surface area contributed by atoms with Crippen molar-refractivity contribution in [2.75, 3.05) is 6.54 Å². The zero-order valence-corrected chi connectivity index (χ0v) is 13.1. The van der Waals surface area contributed by atoms with E-state index in [0.717, 1.165) is 30.5 Å². The van der Waals surface area contributed by atoms with Gasteiger partial charge in [0.25, 0.3) is 0 Å². The van der Waals surface area contributed by atoms with Crippen LogP contribution in [0.1, 0.15) is 30.3 Å². The van der Waals surface area contributed by atoms with E-state index < -0.39 is 0 Å². The maximum Gasteiger partial charge on any atom is 0.241 e. The molecule has 0 N–H and O–H groups in total. The van der Waals surface area contributed by atoms with Gasteiger partial charge in [0, 0.05) is 24.0 Å². The van der Waals surface area contributed by atoms with E-state index in [9.17, 15) is 4.39 Å². The summed E-state index contributed by atoms with van der Waals surface area (Å²) >= 11 is 0. The van der Waals surface area contributed by atoms with Crippen molar-refractivity contribution < 1.29 is 8.91 Å². The van der Waals surface area contributed by atoms with E-state index in [4.69, 9.17) is 4.52 Å². The van der Waals surface area contributed by atoms with Crippen LogP contribution in [0, 0.1) is 5.82 Å². The van der Waals surface area contributed by atoms with Crippen LogP contribution < -0.4 is 0 Å². The number of nitrogens with zero attached hydrogens (tertiary/aromatic N) is 4. The van der Waals surface area contributed by atoms with Gasteiger partial charge in [-0.15, -0.1) is 0 Å². The number of halogens is 1. The first-order valence-electron chi connectivity index (χ1n) is 8.02. The van der Waals surface area contributed by atoms with Crippen LogP contribution in [0.15, 0.2) is 53.3 Å². The second-order valence-corrected chi connectivity index (χ2v) is 5.93. The maximum absolute atomic E-state index is 13.1. The molecule has 0 amide bonds. The van der Waals surface area contributed by atoms with Crippen LogP contribution in [-0.4, -0.2) is 26.6 Å². The maximum atomic E-state index is 13.1. The molecule has 1 atom stereocenters. The molecule has 0 radical (unpaired) electrons. The summed E-state index contributed by atoms with van der Waals surface area (Å²) in [7, 11) is 0. The Morgan fingerprint density at radius 1 is 1.21 bits per heavy atom. The quantitative estimate of drug-likeness (QED) is 0.734. The molecule has 1 aliphatic heterocycles. The third-order valence-electron chi connectivity index (χ3n) is 4.34. The number of likely N-dealkylation sites (tertiary alicyclic amines) is 1. The van der Waals surface area contributed by atoms with Crippen molar-refractivity contribution in [1.82, 2.24) is 20.0 Å². The summed E-state index contributed by atoms with van der Waals surface area (Å²) in [4.78, 5) is 10.8. The number of aromatic nitrogens is 3. The highest BCUT2D eigenvalue weighted by Crippen LogP contribution is 2.33.